The molecule has 2 heteroatoms. The van der Waals surface area contributed by atoms with Crippen LogP contribution in [0.4, 0.5) is 17.1 Å². The van der Waals surface area contributed by atoms with Gasteiger partial charge < -0.3 is 4.90 Å². The first-order valence-corrected chi connectivity index (χ1v) is 20.1. The van der Waals surface area contributed by atoms with Crippen LogP contribution in [0.3, 0.4) is 0 Å². The maximum atomic E-state index is 2.41. The Hall–Kier alpha value is -7.00. The van der Waals surface area contributed by atoms with Crippen LogP contribution < -0.4 is 4.90 Å². The van der Waals surface area contributed by atoms with E-state index in [1.54, 1.807) is 0 Å². The van der Waals surface area contributed by atoms with Crippen molar-refractivity contribution in [2.24, 2.45) is 0 Å². The second kappa shape index (κ2) is 12.3. The Bertz CT molecular complexity index is 3500. The van der Waals surface area contributed by atoms with Gasteiger partial charge >= 0.3 is 0 Å². The minimum Gasteiger partial charge on any atom is -0.310 e. The lowest BCUT2D eigenvalue weighted by molar-refractivity contribution is 1.29. The summed E-state index contributed by atoms with van der Waals surface area (Å²) in [7, 11) is 0. The fourth-order valence-corrected chi connectivity index (χ4v) is 10.4. The smallest absolute Gasteiger partial charge is 0.0468 e. The van der Waals surface area contributed by atoms with Crippen LogP contribution in [0.5, 0.6) is 0 Å². The van der Waals surface area contributed by atoms with E-state index in [4.69, 9.17) is 0 Å². The summed E-state index contributed by atoms with van der Waals surface area (Å²) in [6.07, 6.45) is 0. The van der Waals surface area contributed by atoms with Gasteiger partial charge in [0.2, 0.25) is 0 Å². The first-order chi connectivity index (χ1) is 27.8. The molecule has 1 aromatic heterocycles. The second-order valence-electron chi connectivity index (χ2n) is 14.8. The average molecular weight is 728 g/mol. The fourth-order valence-electron chi connectivity index (χ4n) is 9.19. The van der Waals surface area contributed by atoms with Crippen LogP contribution in [0.2, 0.25) is 0 Å². The Labute approximate surface area is 327 Å². The molecule has 56 heavy (non-hydrogen) atoms. The van der Waals surface area contributed by atoms with E-state index < -0.39 is 0 Å². The minimum atomic E-state index is 1.12. The van der Waals surface area contributed by atoms with Gasteiger partial charge in [0.1, 0.15) is 0 Å². The van der Waals surface area contributed by atoms with Crippen LogP contribution in [-0.2, 0) is 0 Å². The van der Waals surface area contributed by atoms with E-state index >= 15 is 0 Å². The maximum absolute atomic E-state index is 2.41. The first kappa shape index (κ1) is 31.4. The maximum Gasteiger partial charge on any atom is 0.0468 e. The molecule has 0 N–H and O–H groups in total. The van der Waals surface area contributed by atoms with Crippen LogP contribution >= 0.6 is 11.3 Å². The van der Waals surface area contributed by atoms with Crippen LogP contribution in [0.15, 0.2) is 200 Å². The molecule has 0 unspecified atom stereocenters. The largest absolute Gasteiger partial charge is 0.310 e. The highest BCUT2D eigenvalue weighted by atomic mass is 32.1. The first-order valence-electron chi connectivity index (χ1n) is 19.3. The summed E-state index contributed by atoms with van der Waals surface area (Å²) in [4.78, 5) is 2.41. The number of hydrogen-bond donors (Lipinski definition) is 0. The third kappa shape index (κ3) is 4.73. The van der Waals surface area contributed by atoms with E-state index in [0.29, 0.717) is 0 Å². The summed E-state index contributed by atoms with van der Waals surface area (Å²) in [5.41, 5.74) is 5.81. The van der Waals surface area contributed by atoms with Gasteiger partial charge in [0, 0.05) is 42.6 Å². The van der Waals surface area contributed by atoms with E-state index in [-0.39, 0.29) is 0 Å². The molecule has 0 saturated heterocycles. The van der Waals surface area contributed by atoms with Gasteiger partial charge in [-0.05, 0) is 119 Å². The minimum absolute atomic E-state index is 1.12. The lowest BCUT2D eigenvalue weighted by atomic mass is 9.94. The molecule has 0 radical (unpaired) electrons. The van der Waals surface area contributed by atoms with Gasteiger partial charge in [-0.15, -0.1) is 11.3 Å². The SMILES string of the molecule is c1ccc2cc(N(c3ccc(-c4ccc5sc6c7ccccc7c7ccccc7c6c5c4)cc3)c3ccc4c5ccccc5c5ccccc5c4c3)ccc2c1. The topological polar surface area (TPSA) is 3.24 Å². The fraction of sp³-hybridized carbons (Fsp3) is 0. The van der Waals surface area contributed by atoms with Crippen LogP contribution in [-0.4, -0.2) is 0 Å². The van der Waals surface area contributed by atoms with Crippen molar-refractivity contribution in [3.63, 3.8) is 0 Å². The van der Waals surface area contributed by atoms with Crippen LogP contribution in [0, 0.1) is 0 Å². The quantitative estimate of drug-likeness (QED) is 0.163. The van der Waals surface area contributed by atoms with Crippen LogP contribution in [0.25, 0.3) is 95.9 Å². The van der Waals surface area contributed by atoms with Gasteiger partial charge in [-0.1, -0.05) is 152 Å². The Morgan fingerprint density at radius 3 is 1.46 bits per heavy atom. The lowest BCUT2D eigenvalue weighted by Crippen LogP contribution is -2.10. The third-order valence-electron chi connectivity index (χ3n) is 11.8. The molecule has 260 valence electrons. The number of hydrogen-bond acceptors (Lipinski definition) is 2. The molecule has 0 bridgehead atoms. The number of fused-ring (bicyclic) bond motifs is 15. The van der Waals surface area contributed by atoms with Crippen molar-refractivity contribution in [3.05, 3.63) is 200 Å². The molecule has 12 rings (SSSR count). The Kier molecular flexibility index (Phi) is 6.87. The molecule has 12 aromatic rings. The molecule has 0 atom stereocenters. The van der Waals surface area contributed by atoms with Gasteiger partial charge in [0.05, 0.1) is 0 Å². The highest BCUT2D eigenvalue weighted by Crippen LogP contribution is 2.46. The van der Waals surface area contributed by atoms with E-state index in [2.05, 4.69) is 205 Å². The molecule has 11 aromatic carbocycles. The zero-order valence-corrected chi connectivity index (χ0v) is 31.2. The summed E-state index contributed by atoms with van der Waals surface area (Å²) in [6.45, 7) is 0. The molecule has 1 heterocycles. The molecule has 0 fully saturated rings. The summed E-state index contributed by atoms with van der Waals surface area (Å²) < 4.78 is 2.69. The van der Waals surface area contributed by atoms with Crippen LogP contribution in [0.1, 0.15) is 0 Å². The number of anilines is 3. The highest BCUT2D eigenvalue weighted by molar-refractivity contribution is 7.27. The van der Waals surface area contributed by atoms with Crippen molar-refractivity contribution in [2.75, 3.05) is 4.90 Å². The second-order valence-corrected chi connectivity index (χ2v) is 15.9. The molecular weight excluding hydrogens is 695 g/mol. The van der Waals surface area contributed by atoms with E-state index in [9.17, 15) is 0 Å². The summed E-state index contributed by atoms with van der Waals surface area (Å²) in [6, 6.07) is 73.9. The van der Waals surface area contributed by atoms with Crippen molar-refractivity contribution < 1.29 is 0 Å². The highest BCUT2D eigenvalue weighted by Gasteiger charge is 2.18. The Balaban J connectivity index is 1.03. The Morgan fingerprint density at radius 1 is 0.286 bits per heavy atom. The molecular formula is C54H33NS. The number of thiophene rings is 1. The number of benzene rings is 11. The zero-order valence-electron chi connectivity index (χ0n) is 30.4. The zero-order chi connectivity index (χ0) is 36.7. The summed E-state index contributed by atoms with van der Waals surface area (Å²) >= 11 is 1.91. The normalized spacial score (nSPS) is 11.9. The monoisotopic (exact) mass is 727 g/mol. The van der Waals surface area contributed by atoms with Crippen molar-refractivity contribution in [1.29, 1.82) is 0 Å². The van der Waals surface area contributed by atoms with Crippen molar-refractivity contribution >= 4 is 113 Å². The van der Waals surface area contributed by atoms with Gasteiger partial charge in [-0.3, -0.25) is 0 Å². The average Bonchev–Trinajstić information content (AvgIpc) is 3.66. The Morgan fingerprint density at radius 2 is 0.768 bits per heavy atom. The predicted molar refractivity (Wildman–Crippen MR) is 244 cm³/mol. The molecule has 1 nitrogen and oxygen atoms in total. The van der Waals surface area contributed by atoms with E-state index in [1.807, 2.05) is 11.3 Å². The molecule has 0 amide bonds. The third-order valence-corrected chi connectivity index (χ3v) is 13.0. The van der Waals surface area contributed by atoms with Crippen molar-refractivity contribution in [1.82, 2.24) is 0 Å². The van der Waals surface area contributed by atoms with E-state index in [1.165, 1.54) is 95.9 Å². The molecule has 0 saturated carbocycles. The van der Waals surface area contributed by atoms with Gasteiger partial charge in [-0.25, -0.2) is 0 Å². The molecule has 0 aliphatic heterocycles. The lowest BCUT2D eigenvalue weighted by Gasteiger charge is -2.27. The molecule has 0 aliphatic rings. The number of nitrogens with zero attached hydrogens (tertiary/aromatic N) is 1. The predicted octanol–water partition coefficient (Wildman–Crippen LogP) is 16.1. The summed E-state index contributed by atoms with van der Waals surface area (Å²) in [5, 5.41) is 18.1. The van der Waals surface area contributed by atoms with Crippen molar-refractivity contribution in [2.45, 2.75) is 0 Å². The van der Waals surface area contributed by atoms with Crippen molar-refractivity contribution in [3.8, 4) is 11.1 Å². The van der Waals surface area contributed by atoms with E-state index in [0.717, 1.165) is 17.1 Å². The van der Waals surface area contributed by atoms with Gasteiger partial charge in [-0.2, -0.15) is 0 Å². The molecule has 0 aliphatic carbocycles. The number of rotatable bonds is 4. The molecule has 0 spiro atoms. The van der Waals surface area contributed by atoms with Gasteiger partial charge in [0.25, 0.3) is 0 Å². The summed E-state index contributed by atoms with van der Waals surface area (Å²) in [5.74, 6) is 0. The van der Waals surface area contributed by atoms with Gasteiger partial charge in [0.15, 0.2) is 0 Å². The standard InChI is InChI=1S/C54H33NS/c1-2-12-36-31-39(27-23-34(36)11-1)55(40-28-29-47-43-15-4-3-13-41(43)42-14-5-6-18-46(42)50(47)33-40)38-25-21-35(22-26-38)37-24-30-52-51(32-37)53-48-19-9-7-16-44(48)45-17-8-10-20-49(45)54(53)56-52/h1-33H.